The van der Waals surface area contributed by atoms with Crippen molar-refractivity contribution in [1.82, 2.24) is 14.6 Å². The van der Waals surface area contributed by atoms with Gasteiger partial charge in [0, 0.05) is 49.0 Å². The fraction of sp³-hybridized carbons (Fsp3) is 0.667. The van der Waals surface area contributed by atoms with E-state index in [4.69, 9.17) is 9.47 Å². The molecule has 0 bridgehead atoms. The van der Waals surface area contributed by atoms with Crippen LogP contribution in [0.15, 0.2) is 29.2 Å². The smallest absolute Gasteiger partial charge is 0.253 e. The maximum atomic E-state index is 13.7. The van der Waals surface area contributed by atoms with E-state index < -0.39 is 0 Å². The lowest BCUT2D eigenvalue weighted by Crippen LogP contribution is -2.39. The van der Waals surface area contributed by atoms with E-state index in [9.17, 15) is 4.79 Å². The summed E-state index contributed by atoms with van der Waals surface area (Å²) in [5, 5.41) is 3.31. The number of carbonyl (C=O) groups is 1. The van der Waals surface area contributed by atoms with Gasteiger partial charge in [0.1, 0.15) is 0 Å². The molecule has 2 heterocycles. The Kier molecular flexibility index (Phi) is 10.5. The Balaban J connectivity index is 1.77. The Labute approximate surface area is 246 Å². The fourth-order valence-corrected chi connectivity index (χ4v) is 6.86. The van der Waals surface area contributed by atoms with Crippen LogP contribution in [0.1, 0.15) is 108 Å². The van der Waals surface area contributed by atoms with Gasteiger partial charge in [0.2, 0.25) is 0 Å². The van der Waals surface area contributed by atoms with Gasteiger partial charge >= 0.3 is 0 Å². The van der Waals surface area contributed by atoms with Crippen molar-refractivity contribution in [2.24, 2.45) is 5.92 Å². The molecular formula is C33H51N3O3S. The van der Waals surface area contributed by atoms with Crippen LogP contribution < -0.4 is 10.0 Å². The first-order chi connectivity index (χ1) is 19.0. The number of methoxy groups -OCH3 is 1. The molecule has 2 fully saturated rings. The lowest BCUT2D eigenvalue weighted by molar-refractivity contribution is 0.0694. The van der Waals surface area contributed by atoms with Crippen LogP contribution in [0, 0.1) is 5.92 Å². The van der Waals surface area contributed by atoms with Gasteiger partial charge in [-0.1, -0.05) is 46.1 Å². The minimum atomic E-state index is -0.0304. The molecule has 1 aromatic carbocycles. The fourth-order valence-electron chi connectivity index (χ4n) is 5.83. The maximum absolute atomic E-state index is 13.7. The van der Waals surface area contributed by atoms with Crippen LogP contribution in [0.3, 0.4) is 0 Å². The zero-order valence-electron chi connectivity index (χ0n) is 25.8. The van der Waals surface area contributed by atoms with Crippen molar-refractivity contribution in [3.63, 3.8) is 0 Å². The summed E-state index contributed by atoms with van der Waals surface area (Å²) in [6.45, 7) is 16.1. The van der Waals surface area contributed by atoms with Gasteiger partial charge in [-0.05, 0) is 99.1 Å². The van der Waals surface area contributed by atoms with Crippen LogP contribution >= 0.6 is 11.9 Å². The molecule has 1 aromatic heterocycles. The number of carbonyl (C=O) groups excluding carboxylic acids is 1. The maximum Gasteiger partial charge on any atom is 0.253 e. The third kappa shape index (κ3) is 8.15. The van der Waals surface area contributed by atoms with Crippen molar-refractivity contribution in [3.05, 3.63) is 41.1 Å². The zero-order valence-corrected chi connectivity index (χ0v) is 26.6. The third-order valence-electron chi connectivity index (χ3n) is 8.01. The summed E-state index contributed by atoms with van der Waals surface area (Å²) < 4.78 is 17.2. The molecule has 6 nitrogen and oxygen atoms in total. The Morgan fingerprint density at radius 3 is 2.35 bits per heavy atom. The van der Waals surface area contributed by atoms with Crippen molar-refractivity contribution in [2.75, 3.05) is 20.3 Å². The quantitative estimate of drug-likeness (QED) is 0.307. The van der Waals surface area contributed by atoms with Crippen LogP contribution in [0.4, 0.5) is 0 Å². The van der Waals surface area contributed by atoms with Gasteiger partial charge < -0.3 is 19.4 Å². The van der Waals surface area contributed by atoms with E-state index in [1.54, 1.807) is 19.1 Å². The second-order valence-corrected chi connectivity index (χ2v) is 14.6. The number of amides is 1. The second-order valence-electron chi connectivity index (χ2n) is 13.7. The predicted octanol–water partition coefficient (Wildman–Crippen LogP) is 7.48. The lowest BCUT2D eigenvalue weighted by atomic mass is 9.85. The molecule has 2 N–H and O–H groups in total. The molecule has 0 spiro atoms. The summed E-state index contributed by atoms with van der Waals surface area (Å²) in [7, 11) is 1.73. The molecule has 1 aliphatic heterocycles. The molecule has 40 heavy (non-hydrogen) atoms. The minimum absolute atomic E-state index is 0.000178. The lowest BCUT2D eigenvalue weighted by Gasteiger charge is -2.27. The van der Waals surface area contributed by atoms with E-state index in [1.807, 2.05) is 0 Å². The predicted molar refractivity (Wildman–Crippen MR) is 166 cm³/mol. The second kappa shape index (κ2) is 13.5. The summed E-state index contributed by atoms with van der Waals surface area (Å²) in [6.07, 6.45) is 8.12. The van der Waals surface area contributed by atoms with Crippen molar-refractivity contribution < 1.29 is 14.3 Å². The van der Waals surface area contributed by atoms with Crippen LogP contribution in [-0.2, 0) is 28.0 Å². The number of hydrogen-bond acceptors (Lipinski definition) is 5. The molecule has 2 aliphatic rings. The topological polar surface area (TPSA) is 64.5 Å². The minimum Gasteiger partial charge on any atom is -0.381 e. The van der Waals surface area contributed by atoms with E-state index >= 15 is 0 Å². The SMILES string of the molecule is COCc1c(C(=O)NC2CCOCC2)cc(-c2ccc(SNC(C)(C)C)c(C(C)(C)C)c2)n1CC1CCCCC1. The van der Waals surface area contributed by atoms with E-state index in [2.05, 4.69) is 80.4 Å². The number of ether oxygens (including phenoxy) is 2. The molecule has 0 radical (unpaired) electrons. The molecule has 1 amide bonds. The molecule has 1 aliphatic carbocycles. The van der Waals surface area contributed by atoms with Crippen molar-refractivity contribution in [1.29, 1.82) is 0 Å². The summed E-state index contributed by atoms with van der Waals surface area (Å²) in [6, 6.07) is 9.09. The average Bonchev–Trinajstić information content (AvgIpc) is 3.25. The molecule has 0 atom stereocenters. The zero-order chi connectivity index (χ0) is 28.9. The Morgan fingerprint density at radius 2 is 1.73 bits per heavy atom. The van der Waals surface area contributed by atoms with Crippen molar-refractivity contribution in [3.8, 4) is 11.3 Å². The highest BCUT2D eigenvalue weighted by molar-refractivity contribution is 7.97. The first-order valence-corrected chi connectivity index (χ1v) is 16.0. The highest BCUT2D eigenvalue weighted by Crippen LogP contribution is 2.38. The monoisotopic (exact) mass is 569 g/mol. The van der Waals surface area contributed by atoms with Gasteiger partial charge in [-0.2, -0.15) is 0 Å². The molecule has 4 rings (SSSR count). The van der Waals surface area contributed by atoms with E-state index in [-0.39, 0.29) is 22.9 Å². The molecule has 222 valence electrons. The molecule has 0 unspecified atom stereocenters. The number of hydrogen-bond donors (Lipinski definition) is 2. The molecule has 1 saturated carbocycles. The van der Waals surface area contributed by atoms with Crippen LogP contribution in [0.5, 0.6) is 0 Å². The Hall–Kier alpha value is -1.80. The molecular weight excluding hydrogens is 518 g/mol. The van der Waals surface area contributed by atoms with E-state index in [1.165, 1.54) is 42.6 Å². The third-order valence-corrected chi connectivity index (χ3v) is 9.30. The average molecular weight is 570 g/mol. The summed E-state index contributed by atoms with van der Waals surface area (Å²) >= 11 is 1.71. The largest absolute Gasteiger partial charge is 0.381 e. The van der Waals surface area contributed by atoms with Gasteiger partial charge in [-0.25, -0.2) is 0 Å². The van der Waals surface area contributed by atoms with Gasteiger partial charge in [-0.15, -0.1) is 0 Å². The van der Waals surface area contributed by atoms with E-state index in [0.717, 1.165) is 41.9 Å². The van der Waals surface area contributed by atoms with Crippen LogP contribution in [0.25, 0.3) is 11.3 Å². The number of rotatable bonds is 9. The highest BCUT2D eigenvalue weighted by atomic mass is 32.2. The Bertz CT molecular complexity index is 1130. The number of benzene rings is 1. The summed E-state index contributed by atoms with van der Waals surface area (Å²) in [5.74, 6) is 0.620. The normalized spacial score (nSPS) is 17.8. The highest BCUT2D eigenvalue weighted by Gasteiger charge is 2.27. The molecule has 7 heteroatoms. The van der Waals surface area contributed by atoms with Crippen molar-refractivity contribution in [2.45, 2.75) is 122 Å². The number of aromatic nitrogens is 1. The van der Waals surface area contributed by atoms with Gasteiger partial charge in [0.15, 0.2) is 0 Å². The van der Waals surface area contributed by atoms with Crippen LogP contribution in [0.2, 0.25) is 0 Å². The summed E-state index contributed by atoms with van der Waals surface area (Å²) in [4.78, 5) is 15.0. The van der Waals surface area contributed by atoms with Gasteiger partial charge in [-0.3, -0.25) is 9.52 Å². The molecule has 2 aromatic rings. The number of nitrogens with zero attached hydrogens (tertiary/aromatic N) is 1. The van der Waals surface area contributed by atoms with Gasteiger partial charge in [0.05, 0.1) is 17.9 Å². The first kappa shape index (κ1) is 31.1. The van der Waals surface area contributed by atoms with Crippen LogP contribution in [-0.4, -0.2) is 42.4 Å². The summed E-state index contributed by atoms with van der Waals surface area (Å²) in [5.41, 5.74) is 5.27. The van der Waals surface area contributed by atoms with E-state index in [0.29, 0.717) is 25.7 Å². The Morgan fingerprint density at radius 1 is 1.02 bits per heavy atom. The van der Waals surface area contributed by atoms with Crippen molar-refractivity contribution >= 4 is 17.9 Å². The van der Waals surface area contributed by atoms with Gasteiger partial charge in [0.25, 0.3) is 5.91 Å². The first-order valence-electron chi connectivity index (χ1n) is 15.1. The standard InChI is InChI=1S/C33H51N3O3S/c1-32(2,3)27-19-24(13-14-30(27)40-35-33(4,5)6)28-20-26(31(37)34-25-15-17-39-18-16-25)29(22-38-7)36(28)21-23-11-9-8-10-12-23/h13-14,19-20,23,25,35H,8-12,15-18,21-22H2,1-7H3,(H,34,37). The number of nitrogens with one attached hydrogen (secondary N) is 2. The molecule has 1 saturated heterocycles.